The maximum absolute atomic E-state index is 4.96. The molecular formula is C13H12N2O. The number of hydrogen-bond donors (Lipinski definition) is 0. The summed E-state index contributed by atoms with van der Waals surface area (Å²) in [5.74, 6) is 7.09. The number of nitrogens with zero attached hydrogens (tertiary/aromatic N) is 2. The summed E-state index contributed by atoms with van der Waals surface area (Å²) in [5, 5.41) is 3.89. The van der Waals surface area contributed by atoms with Crippen molar-refractivity contribution in [2.75, 3.05) is 0 Å². The first kappa shape index (κ1) is 10.4. The van der Waals surface area contributed by atoms with Crippen LogP contribution in [-0.4, -0.2) is 10.1 Å². The molecule has 3 heteroatoms. The van der Waals surface area contributed by atoms with E-state index in [1.54, 1.807) is 6.92 Å². The number of hydrogen-bond acceptors (Lipinski definition) is 3. The van der Waals surface area contributed by atoms with Gasteiger partial charge in [0.1, 0.15) is 0 Å². The number of rotatable bonds is 1. The highest BCUT2D eigenvalue weighted by Crippen LogP contribution is 2.19. The van der Waals surface area contributed by atoms with E-state index >= 15 is 0 Å². The molecule has 16 heavy (non-hydrogen) atoms. The maximum atomic E-state index is 4.96. The van der Waals surface area contributed by atoms with Gasteiger partial charge in [0.05, 0.1) is 0 Å². The van der Waals surface area contributed by atoms with Gasteiger partial charge in [0, 0.05) is 18.1 Å². The van der Waals surface area contributed by atoms with Gasteiger partial charge in [-0.25, -0.2) is 0 Å². The van der Waals surface area contributed by atoms with Gasteiger partial charge in [-0.2, -0.15) is 4.98 Å². The molecule has 0 atom stereocenters. The highest BCUT2D eigenvalue weighted by Gasteiger charge is 2.06. The van der Waals surface area contributed by atoms with E-state index < -0.39 is 0 Å². The largest absolute Gasteiger partial charge is 0.339 e. The average molecular weight is 212 g/mol. The van der Waals surface area contributed by atoms with Crippen LogP contribution in [0.4, 0.5) is 0 Å². The number of benzene rings is 1. The smallest absolute Gasteiger partial charge is 0.223 e. The summed E-state index contributed by atoms with van der Waals surface area (Å²) in [6.07, 6.45) is 0. The summed E-state index contributed by atoms with van der Waals surface area (Å²) in [6.45, 7) is 5.62. The molecule has 0 unspecified atom stereocenters. The summed E-state index contributed by atoms with van der Waals surface area (Å²) in [4.78, 5) is 4.20. The summed E-state index contributed by atoms with van der Waals surface area (Å²) in [5.41, 5.74) is 3.05. The highest BCUT2D eigenvalue weighted by atomic mass is 16.5. The van der Waals surface area contributed by atoms with Crippen molar-refractivity contribution in [2.45, 2.75) is 20.8 Å². The van der Waals surface area contributed by atoms with Gasteiger partial charge in [0.25, 0.3) is 0 Å². The zero-order valence-electron chi connectivity index (χ0n) is 9.53. The molecule has 0 saturated carbocycles. The minimum absolute atomic E-state index is 0.569. The SMILES string of the molecule is CC#Cc1cc(C)cc(-c2noc(C)n2)c1. The summed E-state index contributed by atoms with van der Waals surface area (Å²) in [7, 11) is 0. The minimum Gasteiger partial charge on any atom is -0.339 e. The molecule has 0 aliphatic carbocycles. The van der Waals surface area contributed by atoms with Crippen LogP contribution in [0.3, 0.4) is 0 Å². The Morgan fingerprint density at radius 1 is 1.19 bits per heavy atom. The van der Waals surface area contributed by atoms with E-state index in [2.05, 4.69) is 22.0 Å². The Morgan fingerprint density at radius 3 is 2.62 bits per heavy atom. The van der Waals surface area contributed by atoms with Gasteiger partial charge >= 0.3 is 0 Å². The number of aromatic nitrogens is 2. The second kappa shape index (κ2) is 4.19. The van der Waals surface area contributed by atoms with Crippen LogP contribution >= 0.6 is 0 Å². The Labute approximate surface area is 94.5 Å². The van der Waals surface area contributed by atoms with E-state index in [0.29, 0.717) is 11.7 Å². The van der Waals surface area contributed by atoms with Crippen molar-refractivity contribution in [1.29, 1.82) is 0 Å². The van der Waals surface area contributed by atoms with Crippen molar-refractivity contribution in [3.8, 4) is 23.2 Å². The second-order valence-electron chi connectivity index (χ2n) is 3.60. The zero-order valence-corrected chi connectivity index (χ0v) is 9.53. The Balaban J connectivity index is 2.51. The molecule has 0 saturated heterocycles. The summed E-state index contributed by atoms with van der Waals surface area (Å²) >= 11 is 0. The third-order valence-electron chi connectivity index (χ3n) is 2.13. The van der Waals surface area contributed by atoms with Gasteiger partial charge in [0.15, 0.2) is 0 Å². The summed E-state index contributed by atoms with van der Waals surface area (Å²) < 4.78 is 4.96. The fourth-order valence-corrected chi connectivity index (χ4v) is 1.55. The molecule has 0 fully saturated rings. The predicted octanol–water partition coefficient (Wildman–Crippen LogP) is 2.72. The Hall–Kier alpha value is -2.08. The normalized spacial score (nSPS) is 9.69. The van der Waals surface area contributed by atoms with Crippen LogP contribution in [0.25, 0.3) is 11.4 Å². The fourth-order valence-electron chi connectivity index (χ4n) is 1.55. The molecule has 1 aromatic carbocycles. The second-order valence-corrected chi connectivity index (χ2v) is 3.60. The Morgan fingerprint density at radius 2 is 2.00 bits per heavy atom. The van der Waals surface area contributed by atoms with Crippen LogP contribution in [-0.2, 0) is 0 Å². The van der Waals surface area contributed by atoms with E-state index in [9.17, 15) is 0 Å². The standard InChI is InChI=1S/C13H12N2O/c1-4-5-11-6-9(2)7-12(8-11)13-14-10(3)16-15-13/h6-8H,1-3H3. The molecular weight excluding hydrogens is 200 g/mol. The van der Waals surface area contributed by atoms with Crippen LogP contribution in [0.2, 0.25) is 0 Å². The van der Waals surface area contributed by atoms with Gasteiger partial charge in [-0.15, -0.1) is 5.92 Å². The van der Waals surface area contributed by atoms with E-state index in [1.807, 2.05) is 32.0 Å². The molecule has 80 valence electrons. The lowest BCUT2D eigenvalue weighted by molar-refractivity contribution is 0.394. The van der Waals surface area contributed by atoms with Crippen molar-refractivity contribution in [3.05, 3.63) is 35.2 Å². The molecule has 0 radical (unpaired) electrons. The first-order valence-electron chi connectivity index (χ1n) is 5.04. The van der Waals surface area contributed by atoms with Crippen LogP contribution in [0.1, 0.15) is 23.9 Å². The lowest BCUT2D eigenvalue weighted by atomic mass is 10.1. The van der Waals surface area contributed by atoms with Crippen molar-refractivity contribution >= 4 is 0 Å². The summed E-state index contributed by atoms with van der Waals surface area (Å²) in [6, 6.07) is 6.02. The van der Waals surface area contributed by atoms with Crippen LogP contribution in [0, 0.1) is 25.7 Å². The molecule has 0 amide bonds. The lowest BCUT2D eigenvalue weighted by Gasteiger charge is -1.99. The molecule has 3 nitrogen and oxygen atoms in total. The van der Waals surface area contributed by atoms with E-state index in [-0.39, 0.29) is 0 Å². The van der Waals surface area contributed by atoms with Gasteiger partial charge in [0.2, 0.25) is 11.7 Å². The van der Waals surface area contributed by atoms with Gasteiger partial charge in [-0.1, -0.05) is 11.1 Å². The third kappa shape index (κ3) is 2.12. The highest BCUT2D eigenvalue weighted by molar-refractivity contribution is 5.59. The van der Waals surface area contributed by atoms with Gasteiger partial charge in [-0.3, -0.25) is 0 Å². The van der Waals surface area contributed by atoms with Crippen molar-refractivity contribution in [1.82, 2.24) is 10.1 Å². The monoisotopic (exact) mass is 212 g/mol. The Bertz CT molecular complexity index is 573. The van der Waals surface area contributed by atoms with Gasteiger partial charge in [-0.05, 0) is 37.6 Å². The third-order valence-corrected chi connectivity index (χ3v) is 2.13. The molecule has 2 rings (SSSR count). The molecule has 1 heterocycles. The molecule has 0 N–H and O–H groups in total. The molecule has 0 aliphatic rings. The van der Waals surface area contributed by atoms with Crippen molar-refractivity contribution < 1.29 is 4.52 Å². The Kier molecular flexibility index (Phi) is 2.74. The van der Waals surface area contributed by atoms with E-state index in [0.717, 1.165) is 16.7 Å². The molecule has 0 aliphatic heterocycles. The van der Waals surface area contributed by atoms with Gasteiger partial charge < -0.3 is 4.52 Å². The quantitative estimate of drug-likeness (QED) is 0.682. The van der Waals surface area contributed by atoms with E-state index in [1.165, 1.54) is 0 Å². The molecule has 0 spiro atoms. The first-order chi connectivity index (χ1) is 7.69. The van der Waals surface area contributed by atoms with Crippen LogP contribution < -0.4 is 0 Å². The maximum Gasteiger partial charge on any atom is 0.223 e. The van der Waals surface area contributed by atoms with Crippen LogP contribution in [0.15, 0.2) is 22.7 Å². The molecule has 1 aromatic heterocycles. The topological polar surface area (TPSA) is 38.9 Å². The van der Waals surface area contributed by atoms with Crippen LogP contribution in [0.5, 0.6) is 0 Å². The predicted molar refractivity (Wildman–Crippen MR) is 61.8 cm³/mol. The number of aryl methyl sites for hydroxylation is 2. The van der Waals surface area contributed by atoms with Crippen molar-refractivity contribution in [3.63, 3.8) is 0 Å². The van der Waals surface area contributed by atoms with Crippen molar-refractivity contribution in [2.24, 2.45) is 0 Å². The zero-order chi connectivity index (χ0) is 11.5. The van der Waals surface area contributed by atoms with E-state index in [4.69, 9.17) is 4.52 Å². The first-order valence-corrected chi connectivity index (χ1v) is 5.04. The lowest BCUT2D eigenvalue weighted by Crippen LogP contribution is -1.85. The molecule has 2 aromatic rings. The fraction of sp³-hybridized carbons (Fsp3) is 0.231. The minimum atomic E-state index is 0.569. The average Bonchev–Trinajstić information content (AvgIpc) is 2.64. The molecule has 0 bridgehead atoms.